The second kappa shape index (κ2) is 9.50. The number of rotatable bonds is 7. The van der Waals surface area contributed by atoms with Gasteiger partial charge in [-0.05, 0) is 49.4 Å². The van der Waals surface area contributed by atoms with Crippen LogP contribution < -0.4 is 15.6 Å². The summed E-state index contributed by atoms with van der Waals surface area (Å²) in [7, 11) is 1.54. The van der Waals surface area contributed by atoms with E-state index >= 15 is 0 Å². The van der Waals surface area contributed by atoms with Gasteiger partial charge >= 0.3 is 0 Å². The number of hydrogen-bond acceptors (Lipinski definition) is 6. The third kappa shape index (κ3) is 4.66. The van der Waals surface area contributed by atoms with Crippen molar-refractivity contribution in [2.75, 3.05) is 12.4 Å². The Morgan fingerprint density at radius 1 is 1.25 bits per heavy atom. The number of para-hydroxylation sites is 2. The summed E-state index contributed by atoms with van der Waals surface area (Å²) in [6.45, 7) is 1.95. The van der Waals surface area contributed by atoms with Gasteiger partial charge in [-0.3, -0.25) is 14.2 Å². The van der Waals surface area contributed by atoms with Gasteiger partial charge in [-0.2, -0.15) is 0 Å². The highest BCUT2D eigenvalue weighted by Gasteiger charge is 2.21. The molecule has 4 aromatic rings. The number of ether oxygens (including phenoxy) is 1. The molecule has 0 saturated carbocycles. The minimum atomic E-state index is -0.550. The molecule has 2 aromatic carbocycles. The van der Waals surface area contributed by atoms with Crippen LogP contribution in [0.15, 0.2) is 75.2 Å². The molecule has 1 amide bonds. The first-order valence-electron chi connectivity index (χ1n) is 9.79. The standard InChI is InChI=1S/C23H20ClN3O4S/c1-14(21(28)25-18-7-3-4-8-20(18)30-2)32-23-26-19-12-15(24)9-10-17(19)22(29)27(23)13-16-6-5-11-31-16/h3-12,14H,13H2,1-2H3,(H,25,28). The van der Waals surface area contributed by atoms with Crippen LogP contribution in [-0.4, -0.2) is 27.8 Å². The summed E-state index contributed by atoms with van der Waals surface area (Å²) in [5.74, 6) is 0.922. The lowest BCUT2D eigenvalue weighted by molar-refractivity contribution is -0.115. The van der Waals surface area contributed by atoms with Crippen molar-refractivity contribution in [2.24, 2.45) is 0 Å². The average Bonchev–Trinajstić information content (AvgIpc) is 3.29. The molecule has 1 atom stereocenters. The van der Waals surface area contributed by atoms with Crippen LogP contribution in [0.1, 0.15) is 12.7 Å². The molecular weight excluding hydrogens is 450 g/mol. The van der Waals surface area contributed by atoms with E-state index in [9.17, 15) is 9.59 Å². The van der Waals surface area contributed by atoms with Crippen LogP contribution in [0.3, 0.4) is 0 Å². The highest BCUT2D eigenvalue weighted by molar-refractivity contribution is 8.00. The van der Waals surface area contributed by atoms with Crippen LogP contribution >= 0.6 is 23.4 Å². The molecule has 0 saturated heterocycles. The van der Waals surface area contributed by atoms with E-state index in [0.29, 0.717) is 38.3 Å². The van der Waals surface area contributed by atoms with Crippen LogP contribution in [0.4, 0.5) is 5.69 Å². The molecule has 0 fully saturated rings. The molecule has 0 bridgehead atoms. The summed E-state index contributed by atoms with van der Waals surface area (Å²) >= 11 is 7.29. The maximum Gasteiger partial charge on any atom is 0.262 e. The number of nitrogens with zero attached hydrogens (tertiary/aromatic N) is 2. The molecule has 0 radical (unpaired) electrons. The predicted molar refractivity (Wildman–Crippen MR) is 126 cm³/mol. The third-order valence-corrected chi connectivity index (χ3v) is 6.12. The van der Waals surface area contributed by atoms with Gasteiger partial charge < -0.3 is 14.5 Å². The van der Waals surface area contributed by atoms with Crippen LogP contribution in [0.5, 0.6) is 5.75 Å². The highest BCUT2D eigenvalue weighted by atomic mass is 35.5. The molecule has 0 aliphatic heterocycles. The van der Waals surface area contributed by atoms with Crippen molar-refractivity contribution < 1.29 is 13.9 Å². The van der Waals surface area contributed by atoms with E-state index in [1.54, 1.807) is 62.8 Å². The van der Waals surface area contributed by atoms with Crippen molar-refractivity contribution >= 4 is 45.9 Å². The number of hydrogen-bond donors (Lipinski definition) is 1. The number of methoxy groups -OCH3 is 1. The lowest BCUT2D eigenvalue weighted by atomic mass is 10.2. The van der Waals surface area contributed by atoms with Crippen molar-refractivity contribution in [1.82, 2.24) is 9.55 Å². The fourth-order valence-electron chi connectivity index (χ4n) is 3.16. The molecule has 1 unspecified atom stereocenters. The number of furan rings is 1. The molecule has 164 valence electrons. The molecule has 2 aromatic heterocycles. The molecule has 2 heterocycles. The maximum atomic E-state index is 13.2. The van der Waals surface area contributed by atoms with Gasteiger partial charge in [0.25, 0.3) is 5.56 Å². The number of carbonyl (C=O) groups excluding carboxylic acids is 1. The van der Waals surface area contributed by atoms with Crippen LogP contribution in [0, 0.1) is 0 Å². The van der Waals surface area contributed by atoms with E-state index in [0.717, 1.165) is 0 Å². The zero-order chi connectivity index (χ0) is 22.7. The van der Waals surface area contributed by atoms with Gasteiger partial charge in [-0.15, -0.1) is 0 Å². The minimum Gasteiger partial charge on any atom is -0.495 e. The van der Waals surface area contributed by atoms with Gasteiger partial charge in [0, 0.05) is 5.02 Å². The number of thioether (sulfide) groups is 1. The molecule has 1 N–H and O–H groups in total. The first-order valence-corrected chi connectivity index (χ1v) is 11.0. The molecule has 4 rings (SSSR count). The Labute approximate surface area is 193 Å². The molecule has 7 nitrogen and oxygen atoms in total. The van der Waals surface area contributed by atoms with E-state index in [4.69, 9.17) is 20.8 Å². The Morgan fingerprint density at radius 3 is 2.81 bits per heavy atom. The van der Waals surface area contributed by atoms with E-state index in [1.165, 1.54) is 16.3 Å². The van der Waals surface area contributed by atoms with E-state index in [-0.39, 0.29) is 18.0 Å². The Hall–Kier alpha value is -3.23. The summed E-state index contributed by atoms with van der Waals surface area (Å²) in [5, 5.41) is 3.63. The first-order chi connectivity index (χ1) is 15.5. The van der Waals surface area contributed by atoms with E-state index in [1.807, 2.05) is 12.1 Å². The van der Waals surface area contributed by atoms with Gasteiger partial charge in [0.15, 0.2) is 5.16 Å². The Balaban J connectivity index is 1.67. The predicted octanol–water partition coefficient (Wildman–Crippen LogP) is 4.82. The van der Waals surface area contributed by atoms with Gasteiger partial charge in [-0.25, -0.2) is 4.98 Å². The first kappa shape index (κ1) is 22.0. The van der Waals surface area contributed by atoms with Crippen LogP contribution in [0.2, 0.25) is 5.02 Å². The fourth-order valence-corrected chi connectivity index (χ4v) is 4.23. The quantitative estimate of drug-likeness (QED) is 0.308. The second-order valence-electron chi connectivity index (χ2n) is 6.98. The Morgan fingerprint density at radius 2 is 2.06 bits per heavy atom. The van der Waals surface area contributed by atoms with Gasteiger partial charge in [-0.1, -0.05) is 35.5 Å². The zero-order valence-electron chi connectivity index (χ0n) is 17.4. The fraction of sp³-hybridized carbons (Fsp3) is 0.174. The van der Waals surface area contributed by atoms with Gasteiger partial charge in [0.2, 0.25) is 5.91 Å². The molecule has 9 heteroatoms. The zero-order valence-corrected chi connectivity index (χ0v) is 18.9. The topological polar surface area (TPSA) is 86.4 Å². The summed E-state index contributed by atoms with van der Waals surface area (Å²) < 4.78 is 12.2. The SMILES string of the molecule is COc1ccccc1NC(=O)C(C)Sc1nc2cc(Cl)ccc2c(=O)n1Cc1ccco1. The highest BCUT2D eigenvalue weighted by Crippen LogP contribution is 2.28. The van der Waals surface area contributed by atoms with Gasteiger partial charge in [0.1, 0.15) is 11.5 Å². The maximum absolute atomic E-state index is 13.2. The van der Waals surface area contributed by atoms with Crippen molar-refractivity contribution in [3.05, 3.63) is 82.0 Å². The van der Waals surface area contributed by atoms with Crippen molar-refractivity contribution in [3.63, 3.8) is 0 Å². The number of nitrogens with one attached hydrogen (secondary N) is 1. The summed E-state index contributed by atoms with van der Waals surface area (Å²) in [5.41, 5.74) is 0.805. The number of benzene rings is 2. The molecule has 0 aliphatic rings. The minimum absolute atomic E-state index is 0.195. The second-order valence-corrected chi connectivity index (χ2v) is 8.72. The summed E-state index contributed by atoms with van der Waals surface area (Å²) in [6.07, 6.45) is 1.55. The van der Waals surface area contributed by atoms with E-state index < -0.39 is 5.25 Å². The average molecular weight is 470 g/mol. The van der Waals surface area contributed by atoms with Crippen molar-refractivity contribution in [3.8, 4) is 5.75 Å². The largest absolute Gasteiger partial charge is 0.495 e. The molecule has 0 aliphatic carbocycles. The number of aromatic nitrogens is 2. The van der Waals surface area contributed by atoms with Gasteiger partial charge in [0.05, 0.1) is 41.8 Å². The number of halogens is 1. The molecule has 32 heavy (non-hydrogen) atoms. The van der Waals surface area contributed by atoms with Crippen molar-refractivity contribution in [1.29, 1.82) is 0 Å². The Kier molecular flexibility index (Phi) is 6.53. The summed E-state index contributed by atoms with van der Waals surface area (Å²) in [4.78, 5) is 30.7. The lowest BCUT2D eigenvalue weighted by Gasteiger charge is -2.17. The number of carbonyl (C=O) groups is 1. The lowest BCUT2D eigenvalue weighted by Crippen LogP contribution is -2.27. The summed E-state index contributed by atoms with van der Waals surface area (Å²) in [6, 6.07) is 15.6. The number of anilines is 1. The molecular formula is C23H20ClN3O4S. The van der Waals surface area contributed by atoms with Crippen LogP contribution in [-0.2, 0) is 11.3 Å². The normalized spacial score (nSPS) is 12.0. The number of fused-ring (bicyclic) bond motifs is 1. The van der Waals surface area contributed by atoms with Crippen molar-refractivity contribution in [2.45, 2.75) is 23.9 Å². The molecule has 0 spiro atoms. The van der Waals surface area contributed by atoms with Crippen LogP contribution in [0.25, 0.3) is 10.9 Å². The van der Waals surface area contributed by atoms with E-state index in [2.05, 4.69) is 10.3 Å². The third-order valence-electron chi connectivity index (χ3n) is 4.79. The monoisotopic (exact) mass is 469 g/mol. The smallest absolute Gasteiger partial charge is 0.262 e. The number of amides is 1. The Bertz CT molecular complexity index is 1320.